The standard InChI is InChI=1S/C15H18N4OS/c1-3-5-13-14(4-2)19(17-13)21-18-12-8-6-11(7-9-12)10-15(16)20/h3-9,17-18H,2,10H2,1H3,(H2,16,20)/b5-3-. The van der Waals surface area contributed by atoms with Crippen molar-refractivity contribution in [2.45, 2.75) is 13.3 Å². The molecule has 0 atom stereocenters. The number of rotatable bonds is 7. The van der Waals surface area contributed by atoms with Crippen LogP contribution in [0.3, 0.4) is 0 Å². The monoisotopic (exact) mass is 302 g/mol. The minimum absolute atomic E-state index is 0.261. The highest BCUT2D eigenvalue weighted by Gasteiger charge is 2.09. The average molecular weight is 302 g/mol. The van der Waals surface area contributed by atoms with Gasteiger partial charge in [-0.1, -0.05) is 24.8 Å². The van der Waals surface area contributed by atoms with Gasteiger partial charge < -0.3 is 10.5 Å². The summed E-state index contributed by atoms with van der Waals surface area (Å²) in [4.78, 5) is 10.8. The molecule has 0 spiro atoms. The number of hydrogen-bond acceptors (Lipinski definition) is 3. The molecule has 0 radical (unpaired) electrons. The maximum absolute atomic E-state index is 10.8. The number of nitrogens with zero attached hydrogens (tertiary/aromatic N) is 1. The van der Waals surface area contributed by atoms with Gasteiger partial charge in [-0.05, 0) is 36.8 Å². The third kappa shape index (κ3) is 3.82. The largest absolute Gasteiger partial charge is 0.369 e. The molecule has 6 heteroatoms. The molecule has 1 amide bonds. The fourth-order valence-electron chi connectivity index (χ4n) is 1.83. The summed E-state index contributed by atoms with van der Waals surface area (Å²) in [5.41, 5.74) is 9.07. The van der Waals surface area contributed by atoms with Crippen molar-refractivity contribution in [1.82, 2.24) is 9.19 Å². The van der Waals surface area contributed by atoms with Crippen LogP contribution in [-0.2, 0) is 11.2 Å². The van der Waals surface area contributed by atoms with Gasteiger partial charge >= 0.3 is 0 Å². The predicted molar refractivity (Wildman–Crippen MR) is 89.5 cm³/mol. The molecule has 0 bridgehead atoms. The second-order valence-electron chi connectivity index (χ2n) is 4.44. The Labute approximate surface area is 128 Å². The summed E-state index contributed by atoms with van der Waals surface area (Å²) >= 11 is 1.42. The fraction of sp³-hybridized carbons (Fsp3) is 0.133. The van der Waals surface area contributed by atoms with Gasteiger partial charge in [0.15, 0.2) is 0 Å². The number of aromatic amines is 1. The molecule has 0 saturated heterocycles. The molecular formula is C15H18N4OS. The summed E-state index contributed by atoms with van der Waals surface area (Å²) in [6.07, 6.45) is 6.03. The topological polar surface area (TPSA) is 75.8 Å². The summed E-state index contributed by atoms with van der Waals surface area (Å²) < 4.78 is 5.10. The number of primary amides is 1. The van der Waals surface area contributed by atoms with E-state index in [0.717, 1.165) is 22.6 Å². The molecule has 4 N–H and O–H groups in total. The number of allylic oxidation sites excluding steroid dienone is 1. The lowest BCUT2D eigenvalue weighted by molar-refractivity contribution is -0.117. The molecule has 21 heavy (non-hydrogen) atoms. The Hall–Kier alpha value is -2.34. The van der Waals surface area contributed by atoms with E-state index in [4.69, 9.17) is 5.73 Å². The summed E-state index contributed by atoms with van der Waals surface area (Å²) in [7, 11) is 0. The summed E-state index contributed by atoms with van der Waals surface area (Å²) in [6.45, 7) is 5.77. The Kier molecular flexibility index (Phi) is 4.94. The lowest BCUT2D eigenvalue weighted by atomic mass is 10.1. The number of anilines is 1. The van der Waals surface area contributed by atoms with E-state index in [-0.39, 0.29) is 12.3 Å². The van der Waals surface area contributed by atoms with E-state index in [2.05, 4.69) is 16.4 Å². The molecule has 110 valence electrons. The second kappa shape index (κ2) is 6.90. The minimum atomic E-state index is -0.327. The smallest absolute Gasteiger partial charge is 0.221 e. The van der Waals surface area contributed by atoms with Crippen LogP contribution in [0.15, 0.2) is 36.9 Å². The molecule has 5 nitrogen and oxygen atoms in total. The first-order valence-corrected chi connectivity index (χ1v) is 7.27. The van der Waals surface area contributed by atoms with Crippen LogP contribution in [0.25, 0.3) is 12.2 Å². The molecule has 1 heterocycles. The third-order valence-corrected chi connectivity index (χ3v) is 3.63. The van der Waals surface area contributed by atoms with Crippen molar-refractivity contribution >= 4 is 35.9 Å². The number of amides is 1. The number of carbonyl (C=O) groups excluding carboxylic acids is 1. The van der Waals surface area contributed by atoms with E-state index in [1.54, 1.807) is 6.08 Å². The maximum Gasteiger partial charge on any atom is 0.221 e. The van der Waals surface area contributed by atoms with Crippen molar-refractivity contribution in [2.24, 2.45) is 5.73 Å². The van der Waals surface area contributed by atoms with E-state index in [9.17, 15) is 4.79 Å². The summed E-state index contributed by atoms with van der Waals surface area (Å²) in [6, 6.07) is 7.59. The summed E-state index contributed by atoms with van der Waals surface area (Å²) in [5.74, 6) is -0.327. The quantitative estimate of drug-likeness (QED) is 0.688. The Morgan fingerprint density at radius 3 is 2.76 bits per heavy atom. The fourth-order valence-corrected chi connectivity index (χ4v) is 2.58. The van der Waals surface area contributed by atoms with Gasteiger partial charge in [-0.3, -0.25) is 9.89 Å². The second-order valence-corrected chi connectivity index (χ2v) is 5.19. The van der Waals surface area contributed by atoms with Crippen LogP contribution in [-0.4, -0.2) is 15.1 Å². The molecule has 0 aliphatic heterocycles. The van der Waals surface area contributed by atoms with Gasteiger partial charge in [-0.25, -0.2) is 4.09 Å². The van der Waals surface area contributed by atoms with Crippen LogP contribution in [0.2, 0.25) is 0 Å². The molecule has 2 aromatic rings. The van der Waals surface area contributed by atoms with E-state index < -0.39 is 0 Å². The number of H-pyrrole nitrogens is 1. The molecular weight excluding hydrogens is 284 g/mol. The Morgan fingerprint density at radius 1 is 1.48 bits per heavy atom. The van der Waals surface area contributed by atoms with Crippen molar-refractivity contribution in [3.8, 4) is 0 Å². The third-order valence-electron chi connectivity index (χ3n) is 2.83. The van der Waals surface area contributed by atoms with E-state index in [1.807, 2.05) is 47.4 Å². The highest BCUT2D eigenvalue weighted by atomic mass is 32.2. The van der Waals surface area contributed by atoms with E-state index in [0.29, 0.717) is 0 Å². The van der Waals surface area contributed by atoms with Gasteiger partial charge in [-0.15, -0.1) is 0 Å². The molecule has 2 rings (SSSR count). The molecule has 0 fully saturated rings. The number of carbonyl (C=O) groups is 1. The van der Waals surface area contributed by atoms with Crippen LogP contribution in [0.1, 0.15) is 23.9 Å². The minimum Gasteiger partial charge on any atom is -0.369 e. The number of nitrogens with two attached hydrogens (primary N) is 1. The lowest BCUT2D eigenvalue weighted by Gasteiger charge is -2.18. The highest BCUT2D eigenvalue weighted by Crippen LogP contribution is 2.21. The van der Waals surface area contributed by atoms with Crippen molar-refractivity contribution < 1.29 is 4.79 Å². The van der Waals surface area contributed by atoms with Gasteiger partial charge in [0, 0.05) is 5.69 Å². The van der Waals surface area contributed by atoms with Crippen molar-refractivity contribution in [3.05, 3.63) is 53.9 Å². The molecule has 0 unspecified atom stereocenters. The van der Waals surface area contributed by atoms with Gasteiger partial charge in [0.2, 0.25) is 5.91 Å². The van der Waals surface area contributed by atoms with E-state index >= 15 is 0 Å². The van der Waals surface area contributed by atoms with Gasteiger partial charge in [-0.2, -0.15) is 0 Å². The normalized spacial score (nSPS) is 10.9. The first kappa shape index (κ1) is 15.1. The van der Waals surface area contributed by atoms with Crippen LogP contribution in [0, 0.1) is 0 Å². The number of aromatic nitrogens is 2. The molecule has 1 aromatic heterocycles. The number of benzene rings is 1. The van der Waals surface area contributed by atoms with E-state index in [1.165, 1.54) is 12.1 Å². The molecule has 0 aliphatic carbocycles. The zero-order valence-electron chi connectivity index (χ0n) is 11.8. The first-order chi connectivity index (χ1) is 10.1. The van der Waals surface area contributed by atoms with Crippen molar-refractivity contribution in [3.63, 3.8) is 0 Å². The maximum atomic E-state index is 10.8. The zero-order valence-corrected chi connectivity index (χ0v) is 12.6. The van der Waals surface area contributed by atoms with Gasteiger partial charge in [0.05, 0.1) is 29.9 Å². The SMILES string of the molecule is C=Cc1c(/C=C\C)[nH]n1SNc1ccc(CC(N)=O)cc1. The first-order valence-electron chi connectivity index (χ1n) is 6.50. The van der Waals surface area contributed by atoms with Crippen molar-refractivity contribution in [1.29, 1.82) is 0 Å². The van der Waals surface area contributed by atoms with Crippen LogP contribution in [0.4, 0.5) is 5.69 Å². The molecule has 0 saturated carbocycles. The van der Waals surface area contributed by atoms with Crippen LogP contribution >= 0.6 is 12.1 Å². The predicted octanol–water partition coefficient (Wildman–Crippen LogP) is 3.04. The van der Waals surface area contributed by atoms with Gasteiger partial charge in [0.1, 0.15) is 0 Å². The van der Waals surface area contributed by atoms with Crippen molar-refractivity contribution in [2.75, 3.05) is 4.72 Å². The average Bonchev–Trinajstić information content (AvgIpc) is 2.43. The Morgan fingerprint density at radius 2 is 2.19 bits per heavy atom. The number of nitrogens with one attached hydrogen (secondary N) is 2. The van der Waals surface area contributed by atoms with Crippen LogP contribution in [0.5, 0.6) is 0 Å². The Bertz CT molecular complexity index is 652. The molecule has 0 aliphatic rings. The zero-order chi connectivity index (χ0) is 15.2. The van der Waals surface area contributed by atoms with Crippen LogP contribution < -0.4 is 10.5 Å². The highest BCUT2D eigenvalue weighted by molar-refractivity contribution is 7.99. The summed E-state index contributed by atoms with van der Waals surface area (Å²) in [5, 5.41) is 3.18. The molecule has 1 aromatic carbocycles. The Balaban J connectivity index is 1.95. The number of hydrogen-bond donors (Lipinski definition) is 3. The lowest BCUT2D eigenvalue weighted by Crippen LogP contribution is -2.14. The van der Waals surface area contributed by atoms with Gasteiger partial charge in [0.25, 0.3) is 0 Å².